The van der Waals surface area contributed by atoms with Gasteiger partial charge in [0.25, 0.3) is 11.8 Å². The van der Waals surface area contributed by atoms with Crippen LogP contribution in [0.15, 0.2) is 42.5 Å². The van der Waals surface area contributed by atoms with Gasteiger partial charge in [-0.1, -0.05) is 26.0 Å². The summed E-state index contributed by atoms with van der Waals surface area (Å²) in [5.41, 5.74) is 1.99. The quantitative estimate of drug-likeness (QED) is 0.619. The van der Waals surface area contributed by atoms with Gasteiger partial charge in [0.2, 0.25) is 5.91 Å². The van der Waals surface area contributed by atoms with Crippen molar-refractivity contribution in [3.8, 4) is 0 Å². The van der Waals surface area contributed by atoms with Crippen molar-refractivity contribution in [1.29, 1.82) is 0 Å². The van der Waals surface area contributed by atoms with E-state index in [-0.39, 0.29) is 18.3 Å². The number of hydrogen-bond acceptors (Lipinski definition) is 4. The number of halogens is 1. The van der Waals surface area contributed by atoms with Crippen LogP contribution in [0.4, 0.5) is 4.39 Å². The average Bonchev–Trinajstić information content (AvgIpc) is 3.17. The lowest BCUT2D eigenvalue weighted by Gasteiger charge is -2.28. The number of hydrogen-bond donors (Lipinski definition) is 1. The topological polar surface area (TPSA) is 84.3 Å². The maximum absolute atomic E-state index is 13.5. The number of carbonyl (C=O) groups excluding carboxylic acids is 3. The van der Waals surface area contributed by atoms with E-state index in [0.29, 0.717) is 34.4 Å². The first-order valence-electron chi connectivity index (χ1n) is 10.1. The Morgan fingerprint density at radius 3 is 2.35 bits per heavy atom. The molecule has 0 spiro atoms. The van der Waals surface area contributed by atoms with Crippen molar-refractivity contribution in [1.82, 2.24) is 19.8 Å². The van der Waals surface area contributed by atoms with E-state index in [2.05, 4.69) is 10.3 Å². The molecule has 0 saturated heterocycles. The lowest BCUT2D eigenvalue weighted by atomic mass is 10.0. The molecule has 4 rings (SSSR count). The molecule has 1 unspecified atom stereocenters. The first-order valence-corrected chi connectivity index (χ1v) is 10.1. The monoisotopic (exact) mass is 422 g/mol. The molecule has 2 aromatic carbocycles. The highest BCUT2D eigenvalue weighted by Crippen LogP contribution is 2.27. The van der Waals surface area contributed by atoms with Crippen LogP contribution in [0.5, 0.6) is 0 Å². The van der Waals surface area contributed by atoms with E-state index in [4.69, 9.17) is 0 Å². The summed E-state index contributed by atoms with van der Waals surface area (Å²) in [6, 6.07) is 10.1. The van der Waals surface area contributed by atoms with Gasteiger partial charge in [0.1, 0.15) is 17.7 Å². The van der Waals surface area contributed by atoms with Gasteiger partial charge >= 0.3 is 0 Å². The molecule has 0 radical (unpaired) electrons. The summed E-state index contributed by atoms with van der Waals surface area (Å²) in [4.78, 5) is 44.1. The van der Waals surface area contributed by atoms with Gasteiger partial charge in [-0.05, 0) is 36.2 Å². The van der Waals surface area contributed by atoms with Crippen molar-refractivity contribution in [3.05, 3.63) is 65.2 Å². The Morgan fingerprint density at radius 1 is 1.10 bits per heavy atom. The number of nitrogens with one attached hydrogen (secondary N) is 1. The summed E-state index contributed by atoms with van der Waals surface area (Å²) in [5.74, 6) is -1.20. The molecule has 1 N–H and O–H groups in total. The van der Waals surface area contributed by atoms with Gasteiger partial charge in [0.05, 0.1) is 22.2 Å². The summed E-state index contributed by atoms with van der Waals surface area (Å²) in [6.45, 7) is 3.87. The van der Waals surface area contributed by atoms with E-state index in [9.17, 15) is 18.8 Å². The molecule has 0 fully saturated rings. The molecule has 31 heavy (non-hydrogen) atoms. The predicted octanol–water partition coefficient (Wildman–Crippen LogP) is 2.69. The Labute approximate surface area is 178 Å². The van der Waals surface area contributed by atoms with E-state index in [1.807, 2.05) is 0 Å². The van der Waals surface area contributed by atoms with Crippen LogP contribution in [0.3, 0.4) is 0 Å². The van der Waals surface area contributed by atoms with E-state index in [0.717, 1.165) is 4.90 Å². The molecule has 160 valence electrons. The van der Waals surface area contributed by atoms with Gasteiger partial charge in [0.15, 0.2) is 0 Å². The third-order valence-electron chi connectivity index (χ3n) is 5.59. The lowest BCUT2D eigenvalue weighted by molar-refractivity contribution is -0.126. The number of fused-ring (bicyclic) bond motifs is 2. The van der Waals surface area contributed by atoms with E-state index in [1.54, 1.807) is 55.8 Å². The number of aromatic nitrogens is 2. The third kappa shape index (κ3) is 3.58. The fourth-order valence-corrected chi connectivity index (χ4v) is 4.02. The third-order valence-corrected chi connectivity index (χ3v) is 5.59. The maximum atomic E-state index is 13.5. The minimum absolute atomic E-state index is 0.263. The van der Waals surface area contributed by atoms with Crippen LogP contribution in [0.1, 0.15) is 40.4 Å². The zero-order chi connectivity index (χ0) is 22.3. The number of rotatable bonds is 6. The number of aryl methyl sites for hydroxylation is 1. The lowest BCUT2D eigenvalue weighted by Crippen LogP contribution is -2.52. The van der Waals surface area contributed by atoms with E-state index < -0.39 is 23.8 Å². The van der Waals surface area contributed by atoms with Crippen molar-refractivity contribution in [2.45, 2.75) is 26.3 Å². The van der Waals surface area contributed by atoms with Gasteiger partial charge in [0, 0.05) is 20.0 Å². The summed E-state index contributed by atoms with van der Waals surface area (Å²) in [5, 5.41) is 2.83. The van der Waals surface area contributed by atoms with Crippen LogP contribution in [0.2, 0.25) is 0 Å². The standard InChI is InChI=1S/C23H23FN4O3/c1-13(2)20(28-22(30)15-6-4-5-7-16(15)23(28)31)21(29)25-11-10-19-26-17-9-8-14(24)12-18(17)27(19)3/h4-9,12-13,20H,10-11H2,1-3H3,(H,25,29). The number of amides is 3. The molecule has 0 saturated carbocycles. The van der Waals surface area contributed by atoms with Gasteiger partial charge in [-0.25, -0.2) is 9.37 Å². The van der Waals surface area contributed by atoms with Gasteiger partial charge in [-0.3, -0.25) is 19.3 Å². The molecule has 1 aliphatic heterocycles. The first kappa shape index (κ1) is 20.7. The molecule has 7 nitrogen and oxygen atoms in total. The molecule has 1 aromatic heterocycles. The SMILES string of the molecule is CC(C)C(C(=O)NCCc1nc2ccc(F)cc2n1C)N1C(=O)c2ccccc2C1=O. The second-order valence-corrected chi connectivity index (χ2v) is 7.98. The summed E-state index contributed by atoms with van der Waals surface area (Å²) >= 11 is 0. The highest BCUT2D eigenvalue weighted by Gasteiger charge is 2.43. The number of carbonyl (C=O) groups is 3. The number of imidazole rings is 1. The van der Waals surface area contributed by atoms with Gasteiger partial charge in [-0.2, -0.15) is 0 Å². The Hall–Kier alpha value is -3.55. The van der Waals surface area contributed by atoms with Crippen molar-refractivity contribution in [3.63, 3.8) is 0 Å². The number of nitrogens with zero attached hydrogens (tertiary/aromatic N) is 3. The smallest absolute Gasteiger partial charge is 0.262 e. The van der Waals surface area contributed by atoms with Crippen molar-refractivity contribution < 1.29 is 18.8 Å². The summed E-state index contributed by atoms with van der Waals surface area (Å²) in [6.07, 6.45) is 0.422. The average molecular weight is 422 g/mol. The zero-order valence-corrected chi connectivity index (χ0v) is 17.6. The van der Waals surface area contributed by atoms with Crippen LogP contribution < -0.4 is 5.32 Å². The molecule has 0 aliphatic carbocycles. The highest BCUT2D eigenvalue weighted by atomic mass is 19.1. The first-order chi connectivity index (χ1) is 14.8. The molecule has 8 heteroatoms. The molecule has 3 amide bonds. The molecule has 0 bridgehead atoms. The van der Waals surface area contributed by atoms with Crippen LogP contribution in [-0.4, -0.2) is 44.8 Å². The molecular formula is C23H23FN4O3. The Kier molecular flexibility index (Phi) is 5.31. The normalized spacial score (nSPS) is 14.4. The Morgan fingerprint density at radius 2 is 1.74 bits per heavy atom. The molecule has 3 aromatic rings. The van der Waals surface area contributed by atoms with Crippen LogP contribution in [0, 0.1) is 11.7 Å². The minimum Gasteiger partial charge on any atom is -0.354 e. The fourth-order valence-electron chi connectivity index (χ4n) is 4.02. The van der Waals surface area contributed by atoms with Gasteiger partial charge < -0.3 is 9.88 Å². The molecule has 1 atom stereocenters. The number of benzene rings is 2. The highest BCUT2D eigenvalue weighted by molar-refractivity contribution is 6.22. The second-order valence-electron chi connectivity index (χ2n) is 7.98. The molecule has 2 heterocycles. The fraction of sp³-hybridized carbons (Fsp3) is 0.304. The Balaban J connectivity index is 1.48. The second kappa shape index (κ2) is 7.94. The molecule has 1 aliphatic rings. The van der Waals surface area contributed by atoms with E-state index in [1.165, 1.54) is 12.1 Å². The van der Waals surface area contributed by atoms with Crippen LogP contribution >= 0.6 is 0 Å². The van der Waals surface area contributed by atoms with Crippen LogP contribution in [-0.2, 0) is 18.3 Å². The maximum Gasteiger partial charge on any atom is 0.262 e. The van der Waals surface area contributed by atoms with Crippen molar-refractivity contribution in [2.24, 2.45) is 13.0 Å². The predicted molar refractivity (Wildman–Crippen MR) is 113 cm³/mol. The van der Waals surface area contributed by atoms with E-state index >= 15 is 0 Å². The largest absolute Gasteiger partial charge is 0.354 e. The summed E-state index contributed by atoms with van der Waals surface area (Å²) in [7, 11) is 1.79. The van der Waals surface area contributed by atoms with Gasteiger partial charge in [-0.15, -0.1) is 0 Å². The van der Waals surface area contributed by atoms with Crippen LogP contribution in [0.25, 0.3) is 11.0 Å². The Bertz CT molecular complexity index is 1170. The minimum atomic E-state index is -0.915. The zero-order valence-electron chi connectivity index (χ0n) is 17.6. The van der Waals surface area contributed by atoms with Crippen molar-refractivity contribution >= 4 is 28.8 Å². The summed E-state index contributed by atoms with van der Waals surface area (Å²) < 4.78 is 15.3. The molecular weight excluding hydrogens is 399 g/mol. The van der Waals surface area contributed by atoms with Crippen molar-refractivity contribution in [2.75, 3.05) is 6.54 Å². The number of imide groups is 1.